The van der Waals surface area contributed by atoms with Gasteiger partial charge < -0.3 is 4.57 Å². The molecule has 0 aliphatic heterocycles. The zero-order chi connectivity index (χ0) is 14.7. The predicted octanol–water partition coefficient (Wildman–Crippen LogP) is 4.27. The Morgan fingerprint density at radius 3 is 2.86 bits per heavy atom. The number of imidazole rings is 1. The number of hydrogen-bond acceptors (Lipinski definition) is 2. The average Bonchev–Trinajstić information content (AvgIpc) is 3.12. The van der Waals surface area contributed by atoms with Gasteiger partial charge in [0.1, 0.15) is 17.4 Å². The first-order chi connectivity index (χ1) is 10.3. The summed E-state index contributed by atoms with van der Waals surface area (Å²) in [6.45, 7) is 0.988. The molecule has 1 aliphatic carbocycles. The van der Waals surface area contributed by atoms with E-state index >= 15 is 0 Å². The summed E-state index contributed by atoms with van der Waals surface area (Å²) in [5.74, 6) is 2.43. The lowest BCUT2D eigenvalue weighted by Crippen LogP contribution is -2.08. The maximum absolute atomic E-state index is 9.24. The molecular weight excluding hydrogens is 282 g/mol. The van der Waals surface area contributed by atoms with Crippen molar-refractivity contribution >= 4 is 22.6 Å². The molecule has 0 N–H and O–H groups in total. The van der Waals surface area contributed by atoms with Gasteiger partial charge in [0.2, 0.25) is 0 Å². The van der Waals surface area contributed by atoms with Crippen molar-refractivity contribution < 1.29 is 0 Å². The van der Waals surface area contributed by atoms with Gasteiger partial charge >= 0.3 is 0 Å². The number of nitrogens with zero attached hydrogens (tertiary/aromatic N) is 3. The fraction of sp³-hybridized carbons (Fsp3) is 0.529. The average molecular weight is 302 g/mol. The Hall–Kier alpha value is -1.53. The molecule has 3 nitrogen and oxygen atoms in total. The van der Waals surface area contributed by atoms with Gasteiger partial charge in [-0.1, -0.05) is 31.7 Å². The van der Waals surface area contributed by atoms with Crippen LogP contribution in [-0.2, 0) is 13.0 Å². The van der Waals surface area contributed by atoms with Gasteiger partial charge in [-0.15, -0.1) is 11.6 Å². The summed E-state index contributed by atoms with van der Waals surface area (Å²) in [4.78, 5) is 4.67. The highest BCUT2D eigenvalue weighted by Crippen LogP contribution is 2.29. The Labute approximate surface area is 130 Å². The zero-order valence-electron chi connectivity index (χ0n) is 12.2. The summed E-state index contributed by atoms with van der Waals surface area (Å²) in [5.41, 5.74) is 2.56. The normalized spacial score (nSPS) is 15.6. The molecule has 21 heavy (non-hydrogen) atoms. The van der Waals surface area contributed by atoms with E-state index in [0.29, 0.717) is 11.4 Å². The summed E-state index contributed by atoms with van der Waals surface area (Å²) in [7, 11) is 0. The minimum Gasteiger partial charge on any atom is -0.328 e. The Balaban J connectivity index is 1.93. The van der Waals surface area contributed by atoms with E-state index < -0.39 is 0 Å². The molecule has 1 aromatic heterocycles. The van der Waals surface area contributed by atoms with Gasteiger partial charge in [0.05, 0.1) is 11.1 Å². The second-order valence-electron chi connectivity index (χ2n) is 5.84. The zero-order valence-corrected chi connectivity index (χ0v) is 12.9. The van der Waals surface area contributed by atoms with Gasteiger partial charge in [-0.05, 0) is 24.5 Å². The van der Waals surface area contributed by atoms with Crippen LogP contribution in [0, 0.1) is 17.2 Å². The first-order valence-electron chi connectivity index (χ1n) is 7.77. The van der Waals surface area contributed by atoms with Gasteiger partial charge in [-0.25, -0.2) is 4.98 Å². The Kier molecular flexibility index (Phi) is 4.45. The molecule has 1 heterocycles. The summed E-state index contributed by atoms with van der Waals surface area (Å²) >= 11 is 5.92. The number of halogens is 1. The number of alkyl halides is 1. The van der Waals surface area contributed by atoms with Crippen molar-refractivity contribution in [2.45, 2.75) is 45.1 Å². The maximum Gasteiger partial charge on any atom is 0.111 e. The summed E-state index contributed by atoms with van der Waals surface area (Å²) < 4.78 is 2.27. The first-order valence-corrected chi connectivity index (χ1v) is 8.31. The number of fused-ring (bicyclic) bond motifs is 1. The van der Waals surface area contributed by atoms with E-state index in [-0.39, 0.29) is 0 Å². The molecule has 0 bridgehead atoms. The lowest BCUT2D eigenvalue weighted by atomic mass is 10.0. The first kappa shape index (κ1) is 14.4. The standard InChI is InChI=1S/C17H20ClN3/c18-10-8-16-20-17-14(12-19)6-3-7-15(17)21(16)11-9-13-4-1-2-5-13/h3,6-7,13H,1-2,4-5,8-11H2. The Morgan fingerprint density at radius 2 is 2.14 bits per heavy atom. The minimum atomic E-state index is 0.564. The molecule has 1 aromatic carbocycles. The van der Waals surface area contributed by atoms with Gasteiger partial charge in [0, 0.05) is 18.8 Å². The highest BCUT2D eigenvalue weighted by atomic mass is 35.5. The van der Waals surface area contributed by atoms with Crippen LogP contribution < -0.4 is 0 Å². The fourth-order valence-electron chi connectivity index (χ4n) is 3.42. The number of rotatable bonds is 5. The van der Waals surface area contributed by atoms with Gasteiger partial charge in [0.25, 0.3) is 0 Å². The van der Waals surface area contributed by atoms with Crippen LogP contribution in [0.15, 0.2) is 18.2 Å². The van der Waals surface area contributed by atoms with Crippen LogP contribution in [0.4, 0.5) is 0 Å². The SMILES string of the molecule is N#Cc1cccc2c1nc(CCCl)n2CCC1CCCC1. The van der Waals surface area contributed by atoms with Crippen molar-refractivity contribution in [1.82, 2.24) is 9.55 Å². The number of nitriles is 1. The van der Waals surface area contributed by atoms with E-state index in [0.717, 1.165) is 35.7 Å². The molecule has 0 amide bonds. The molecule has 110 valence electrons. The molecule has 1 fully saturated rings. The number of aryl methyl sites for hydroxylation is 2. The van der Waals surface area contributed by atoms with E-state index in [1.807, 2.05) is 12.1 Å². The van der Waals surface area contributed by atoms with Crippen molar-refractivity contribution in [3.63, 3.8) is 0 Å². The third kappa shape index (κ3) is 2.91. The van der Waals surface area contributed by atoms with Gasteiger partial charge in [-0.2, -0.15) is 5.26 Å². The van der Waals surface area contributed by atoms with Gasteiger partial charge in [-0.3, -0.25) is 0 Å². The topological polar surface area (TPSA) is 41.6 Å². The Morgan fingerprint density at radius 1 is 1.33 bits per heavy atom. The summed E-state index contributed by atoms with van der Waals surface area (Å²) in [6, 6.07) is 8.08. The third-order valence-corrected chi connectivity index (χ3v) is 4.72. The third-order valence-electron chi connectivity index (χ3n) is 4.53. The fourth-order valence-corrected chi connectivity index (χ4v) is 3.59. The molecule has 0 unspecified atom stereocenters. The number of hydrogen-bond donors (Lipinski definition) is 0. The molecule has 3 rings (SSSR count). The molecule has 0 radical (unpaired) electrons. The van der Waals surface area contributed by atoms with Crippen molar-refractivity contribution in [2.75, 3.05) is 5.88 Å². The lowest BCUT2D eigenvalue weighted by molar-refractivity contribution is 0.457. The molecule has 0 spiro atoms. The largest absolute Gasteiger partial charge is 0.328 e. The summed E-state index contributed by atoms with van der Waals surface area (Å²) in [5, 5.41) is 9.24. The molecule has 1 saturated carbocycles. The minimum absolute atomic E-state index is 0.564. The summed E-state index contributed by atoms with van der Waals surface area (Å²) in [6.07, 6.45) is 7.44. The molecule has 4 heteroatoms. The molecule has 1 aliphatic rings. The van der Waals surface area contributed by atoms with Crippen LogP contribution in [0.5, 0.6) is 0 Å². The number of aromatic nitrogens is 2. The molecule has 0 saturated heterocycles. The maximum atomic E-state index is 9.24. The van der Waals surface area contributed by atoms with Crippen LogP contribution >= 0.6 is 11.6 Å². The van der Waals surface area contributed by atoms with Gasteiger partial charge in [0.15, 0.2) is 0 Å². The highest BCUT2D eigenvalue weighted by molar-refractivity contribution is 6.17. The van der Waals surface area contributed by atoms with Crippen molar-refractivity contribution in [3.05, 3.63) is 29.6 Å². The van der Waals surface area contributed by atoms with E-state index in [9.17, 15) is 5.26 Å². The number of para-hydroxylation sites is 1. The number of benzene rings is 1. The van der Waals surface area contributed by atoms with Crippen molar-refractivity contribution in [1.29, 1.82) is 5.26 Å². The van der Waals surface area contributed by atoms with Crippen LogP contribution in [0.3, 0.4) is 0 Å². The monoisotopic (exact) mass is 301 g/mol. The highest BCUT2D eigenvalue weighted by Gasteiger charge is 2.17. The van der Waals surface area contributed by atoms with E-state index in [1.165, 1.54) is 32.1 Å². The van der Waals surface area contributed by atoms with Crippen LogP contribution in [0.2, 0.25) is 0 Å². The van der Waals surface area contributed by atoms with Crippen LogP contribution in [-0.4, -0.2) is 15.4 Å². The predicted molar refractivity (Wildman–Crippen MR) is 85.4 cm³/mol. The molecular formula is C17H20ClN3. The second kappa shape index (κ2) is 6.49. The smallest absolute Gasteiger partial charge is 0.111 e. The lowest BCUT2D eigenvalue weighted by Gasteiger charge is -2.12. The molecule has 2 aromatic rings. The Bertz CT molecular complexity index is 662. The second-order valence-corrected chi connectivity index (χ2v) is 6.22. The van der Waals surface area contributed by atoms with Crippen LogP contribution in [0.1, 0.15) is 43.5 Å². The quantitative estimate of drug-likeness (QED) is 0.774. The molecule has 0 atom stereocenters. The van der Waals surface area contributed by atoms with Crippen molar-refractivity contribution in [2.24, 2.45) is 5.92 Å². The van der Waals surface area contributed by atoms with E-state index in [4.69, 9.17) is 11.6 Å². The van der Waals surface area contributed by atoms with Crippen molar-refractivity contribution in [3.8, 4) is 6.07 Å². The van der Waals surface area contributed by atoms with Crippen LogP contribution in [0.25, 0.3) is 11.0 Å². The van der Waals surface area contributed by atoms with E-state index in [1.54, 1.807) is 0 Å². The van der Waals surface area contributed by atoms with E-state index in [2.05, 4.69) is 21.7 Å².